The maximum absolute atomic E-state index is 13.1. The Morgan fingerprint density at radius 2 is 1.69 bits per heavy atom. The summed E-state index contributed by atoms with van der Waals surface area (Å²) in [4.78, 5) is 16.9. The van der Waals surface area contributed by atoms with Crippen molar-refractivity contribution in [1.29, 1.82) is 0 Å². The molecule has 3 nitrogen and oxygen atoms in total. The van der Waals surface area contributed by atoms with Crippen molar-refractivity contribution in [2.24, 2.45) is 0 Å². The summed E-state index contributed by atoms with van der Waals surface area (Å²) in [6.45, 7) is 2.75. The van der Waals surface area contributed by atoms with Crippen molar-refractivity contribution >= 4 is 5.91 Å². The highest BCUT2D eigenvalue weighted by molar-refractivity contribution is 5.81. The van der Waals surface area contributed by atoms with Crippen LogP contribution in [0.15, 0.2) is 54.6 Å². The third-order valence-electron chi connectivity index (χ3n) is 6.31. The van der Waals surface area contributed by atoms with Gasteiger partial charge in [0.15, 0.2) is 0 Å². The second-order valence-corrected chi connectivity index (χ2v) is 7.63. The van der Waals surface area contributed by atoms with Crippen LogP contribution in [-0.4, -0.2) is 41.4 Å². The number of carbonyl (C=O) groups is 1. The summed E-state index contributed by atoms with van der Waals surface area (Å²) in [6.07, 6.45) is 2.57. The molecule has 0 unspecified atom stereocenters. The summed E-state index contributed by atoms with van der Waals surface area (Å²) in [5.74, 6) is 0.336. The molecule has 0 radical (unpaired) electrons. The molecule has 136 valence electrons. The van der Waals surface area contributed by atoms with Crippen molar-refractivity contribution in [2.45, 2.75) is 37.3 Å². The maximum atomic E-state index is 13.1. The first kappa shape index (κ1) is 17.2. The normalized spacial score (nSPS) is 22.9. The van der Waals surface area contributed by atoms with Gasteiger partial charge in [0.25, 0.3) is 0 Å². The lowest BCUT2D eigenvalue weighted by Crippen LogP contribution is -2.53. The summed E-state index contributed by atoms with van der Waals surface area (Å²) in [5.41, 5.74) is 2.34. The van der Waals surface area contributed by atoms with Crippen LogP contribution in [0.3, 0.4) is 0 Å². The molecule has 1 spiro atoms. The molecule has 2 aromatic carbocycles. The summed E-state index contributed by atoms with van der Waals surface area (Å²) in [7, 11) is 1.97. The second-order valence-electron chi connectivity index (χ2n) is 7.63. The first-order valence-corrected chi connectivity index (χ1v) is 9.37. The number of nitrogens with zero attached hydrogens (tertiary/aromatic N) is 2. The molecule has 2 aromatic rings. The van der Waals surface area contributed by atoms with E-state index in [1.165, 1.54) is 17.7 Å². The van der Waals surface area contributed by atoms with E-state index in [0.29, 0.717) is 6.42 Å². The van der Waals surface area contributed by atoms with Gasteiger partial charge in [0.05, 0.1) is 5.54 Å². The molecule has 4 heteroatoms. The standard InChI is InChI=1S/C22H25FN2O/c1-24-21(26)15-20(18-5-3-2-4-6-18)22(24)11-13-25(14-12-22)16-17-7-9-19(23)10-8-17/h2-10,20H,11-16H2,1H3/t20-/m1/s1. The lowest BCUT2D eigenvalue weighted by molar-refractivity contribution is -0.130. The van der Waals surface area contributed by atoms with Gasteiger partial charge in [0.2, 0.25) is 5.91 Å². The van der Waals surface area contributed by atoms with Gasteiger partial charge in [-0.15, -0.1) is 0 Å². The van der Waals surface area contributed by atoms with Gasteiger partial charge >= 0.3 is 0 Å². The van der Waals surface area contributed by atoms with Crippen molar-refractivity contribution in [3.63, 3.8) is 0 Å². The Morgan fingerprint density at radius 1 is 1.04 bits per heavy atom. The van der Waals surface area contributed by atoms with E-state index >= 15 is 0 Å². The fourth-order valence-corrected chi connectivity index (χ4v) is 4.73. The molecule has 2 heterocycles. The van der Waals surface area contributed by atoms with Crippen molar-refractivity contribution in [1.82, 2.24) is 9.80 Å². The number of piperidine rings is 1. The highest BCUT2D eigenvalue weighted by atomic mass is 19.1. The highest BCUT2D eigenvalue weighted by Gasteiger charge is 2.52. The Bertz CT molecular complexity index is 766. The Kier molecular flexibility index (Phi) is 4.53. The van der Waals surface area contributed by atoms with Gasteiger partial charge in [-0.25, -0.2) is 4.39 Å². The van der Waals surface area contributed by atoms with E-state index in [1.54, 1.807) is 0 Å². The minimum atomic E-state index is -0.192. The van der Waals surface area contributed by atoms with Crippen LogP contribution in [0.2, 0.25) is 0 Å². The van der Waals surface area contributed by atoms with Gasteiger partial charge in [-0.1, -0.05) is 42.5 Å². The number of hydrogen-bond donors (Lipinski definition) is 0. The number of halogens is 1. The fourth-order valence-electron chi connectivity index (χ4n) is 4.73. The number of hydrogen-bond acceptors (Lipinski definition) is 2. The Labute approximate surface area is 154 Å². The van der Waals surface area contributed by atoms with Crippen LogP contribution in [0.4, 0.5) is 4.39 Å². The fraction of sp³-hybridized carbons (Fsp3) is 0.409. The Hall–Kier alpha value is -2.20. The molecule has 2 fully saturated rings. The summed E-state index contributed by atoms with van der Waals surface area (Å²) >= 11 is 0. The number of likely N-dealkylation sites (N-methyl/N-ethyl adjacent to an activating group) is 1. The molecule has 2 saturated heterocycles. The van der Waals surface area contributed by atoms with Crippen LogP contribution >= 0.6 is 0 Å². The number of amides is 1. The van der Waals surface area contributed by atoms with Gasteiger partial charge in [0.1, 0.15) is 5.82 Å². The Balaban J connectivity index is 1.50. The van der Waals surface area contributed by atoms with Crippen LogP contribution in [0, 0.1) is 5.82 Å². The van der Waals surface area contributed by atoms with E-state index in [9.17, 15) is 9.18 Å². The number of likely N-dealkylation sites (tertiary alicyclic amines) is 2. The van der Waals surface area contributed by atoms with Crippen LogP contribution in [-0.2, 0) is 11.3 Å². The van der Waals surface area contributed by atoms with Gasteiger partial charge in [-0.05, 0) is 36.1 Å². The molecule has 0 saturated carbocycles. The number of rotatable bonds is 3. The molecule has 0 N–H and O–H groups in total. The molecule has 1 atom stereocenters. The molecule has 4 rings (SSSR count). The van der Waals surface area contributed by atoms with Gasteiger partial charge in [-0.3, -0.25) is 9.69 Å². The summed E-state index contributed by atoms with van der Waals surface area (Å²) < 4.78 is 13.1. The lowest BCUT2D eigenvalue weighted by Gasteiger charge is -2.47. The monoisotopic (exact) mass is 352 g/mol. The largest absolute Gasteiger partial charge is 0.339 e. The zero-order valence-corrected chi connectivity index (χ0v) is 15.2. The van der Waals surface area contributed by atoms with E-state index in [-0.39, 0.29) is 23.2 Å². The second kappa shape index (κ2) is 6.84. The first-order chi connectivity index (χ1) is 12.6. The minimum Gasteiger partial charge on any atom is -0.339 e. The molecule has 0 bridgehead atoms. The van der Waals surface area contributed by atoms with E-state index in [1.807, 2.05) is 30.1 Å². The zero-order valence-electron chi connectivity index (χ0n) is 15.2. The van der Waals surface area contributed by atoms with E-state index in [2.05, 4.69) is 29.2 Å². The van der Waals surface area contributed by atoms with Crippen molar-refractivity contribution in [3.05, 3.63) is 71.5 Å². The van der Waals surface area contributed by atoms with Gasteiger partial charge in [-0.2, -0.15) is 0 Å². The molecule has 2 aliphatic rings. The van der Waals surface area contributed by atoms with E-state index in [4.69, 9.17) is 0 Å². The molecule has 1 amide bonds. The average molecular weight is 352 g/mol. The van der Waals surface area contributed by atoms with Gasteiger partial charge in [0, 0.05) is 39.0 Å². The third-order valence-corrected chi connectivity index (χ3v) is 6.31. The predicted octanol–water partition coefficient (Wildman–Crippen LogP) is 3.81. The highest BCUT2D eigenvalue weighted by Crippen LogP contribution is 2.48. The third kappa shape index (κ3) is 3.03. The number of benzene rings is 2. The van der Waals surface area contributed by atoms with Crippen molar-refractivity contribution < 1.29 is 9.18 Å². The SMILES string of the molecule is CN1C(=O)C[C@H](c2ccccc2)C12CCN(Cc1ccc(F)cc1)CC2. The minimum absolute atomic E-state index is 0.0717. The predicted molar refractivity (Wildman–Crippen MR) is 100 cm³/mol. The van der Waals surface area contributed by atoms with Crippen LogP contribution < -0.4 is 0 Å². The maximum Gasteiger partial charge on any atom is 0.223 e. The molecular weight excluding hydrogens is 327 g/mol. The van der Waals surface area contributed by atoms with Crippen molar-refractivity contribution in [3.8, 4) is 0 Å². The summed E-state index contributed by atoms with van der Waals surface area (Å²) in [5, 5.41) is 0. The number of carbonyl (C=O) groups excluding carboxylic acids is 1. The molecule has 0 aliphatic carbocycles. The summed E-state index contributed by atoms with van der Waals surface area (Å²) in [6, 6.07) is 17.2. The molecule has 2 aliphatic heterocycles. The zero-order chi connectivity index (χ0) is 18.1. The lowest BCUT2D eigenvalue weighted by atomic mass is 9.73. The molecular formula is C22H25FN2O. The Morgan fingerprint density at radius 3 is 2.35 bits per heavy atom. The molecule has 26 heavy (non-hydrogen) atoms. The smallest absolute Gasteiger partial charge is 0.223 e. The van der Waals surface area contributed by atoms with E-state index in [0.717, 1.165) is 38.0 Å². The van der Waals surface area contributed by atoms with Crippen LogP contribution in [0.1, 0.15) is 36.3 Å². The average Bonchev–Trinajstić information content (AvgIpc) is 2.91. The van der Waals surface area contributed by atoms with Crippen LogP contribution in [0.25, 0.3) is 0 Å². The van der Waals surface area contributed by atoms with E-state index < -0.39 is 0 Å². The van der Waals surface area contributed by atoms with Crippen molar-refractivity contribution in [2.75, 3.05) is 20.1 Å². The first-order valence-electron chi connectivity index (χ1n) is 9.37. The van der Waals surface area contributed by atoms with Crippen LogP contribution in [0.5, 0.6) is 0 Å². The topological polar surface area (TPSA) is 23.6 Å². The quantitative estimate of drug-likeness (QED) is 0.839. The molecule has 0 aromatic heterocycles. The van der Waals surface area contributed by atoms with Gasteiger partial charge < -0.3 is 4.90 Å².